The molecule has 0 saturated heterocycles. The van der Waals surface area contributed by atoms with E-state index in [0.29, 0.717) is 0 Å². The Morgan fingerprint density at radius 3 is 1.67 bits per heavy atom. The maximum absolute atomic E-state index is 8.89. The van der Waals surface area contributed by atoms with E-state index in [0.717, 1.165) is 6.92 Å². The molecule has 0 atom stereocenters. The van der Waals surface area contributed by atoms with Crippen molar-refractivity contribution in [3.8, 4) is 0 Å². The number of carbonyl (C=O) groups excluding carboxylic acids is 1. The van der Waals surface area contributed by atoms with Crippen molar-refractivity contribution in [3.05, 3.63) is 0 Å². The summed E-state index contributed by atoms with van der Waals surface area (Å²) in [5.74, 6) is -1.08. The summed E-state index contributed by atoms with van der Waals surface area (Å²) in [5.41, 5.74) is 0. The molecule has 0 radical (unpaired) electrons. The molecule has 0 heterocycles. The van der Waals surface area contributed by atoms with Gasteiger partial charge in [-0.15, -0.1) is 0 Å². The van der Waals surface area contributed by atoms with E-state index in [1.165, 1.54) is 0 Å². The van der Waals surface area contributed by atoms with Gasteiger partial charge in [0.2, 0.25) is 0 Å². The molecule has 0 aromatic carbocycles. The monoisotopic (exact) mass is 140 g/mol. The van der Waals surface area contributed by atoms with E-state index in [1.54, 1.807) is 0 Å². The average molecular weight is 141 g/mol. The number of rotatable bonds is 0. The molecule has 0 aromatic rings. The van der Waals surface area contributed by atoms with Crippen molar-refractivity contribution < 1.29 is 55.9 Å². The molecule has 0 aliphatic rings. The molecule has 0 amide bonds. The normalized spacial score (nSPS) is 4.17. The minimum absolute atomic E-state index is 0. The van der Waals surface area contributed by atoms with Gasteiger partial charge in [0.15, 0.2) is 0 Å². The Balaban J connectivity index is -0.0000000450. The number of hydrogen-bond donors (Lipinski definition) is 0. The van der Waals surface area contributed by atoms with Crippen LogP contribution in [0.1, 0.15) is 6.92 Å². The second kappa shape index (κ2) is 9.35. The molecule has 0 aromatic heterocycles. The molecule has 0 bridgehead atoms. The Labute approximate surface area is 68.5 Å². The van der Waals surface area contributed by atoms with Crippen molar-refractivity contribution in [1.29, 1.82) is 0 Å². The molecule has 2 nitrogen and oxygen atoms in total. The van der Waals surface area contributed by atoms with Gasteiger partial charge in [-0.25, -0.2) is 0 Å². The number of hydrogen-bond acceptors (Lipinski definition) is 2. The van der Waals surface area contributed by atoms with Crippen molar-refractivity contribution in [1.82, 2.24) is 0 Å². The molecular weight excluding hydrogens is 138 g/mol. The zero-order valence-corrected chi connectivity index (χ0v) is 6.62. The van der Waals surface area contributed by atoms with Crippen LogP contribution in [0, 0.1) is 0 Å². The summed E-state index contributed by atoms with van der Waals surface area (Å²) in [4.78, 5) is 8.89. The summed E-state index contributed by atoms with van der Waals surface area (Å²) in [6.45, 7) is 0.972. The standard InChI is InChI=1S/C2H4O2.Na.Ni/c1-2(3)4;;/h1H3,(H,3,4);;/q;+1;/p-1. The molecule has 0 N–H and O–H groups in total. The van der Waals surface area contributed by atoms with Gasteiger partial charge >= 0.3 is 29.6 Å². The largest absolute Gasteiger partial charge is 1.00 e. The third-order valence-electron chi connectivity index (χ3n) is 0. The van der Waals surface area contributed by atoms with Crippen LogP contribution in [-0.2, 0) is 21.3 Å². The first-order chi connectivity index (χ1) is 1.73. The molecule has 0 rings (SSSR count). The van der Waals surface area contributed by atoms with Crippen molar-refractivity contribution in [2.24, 2.45) is 0 Å². The molecule has 0 aliphatic heterocycles. The fraction of sp³-hybridized carbons (Fsp3) is 0.500. The topological polar surface area (TPSA) is 40.1 Å². The maximum Gasteiger partial charge on any atom is 1.00 e. The van der Waals surface area contributed by atoms with Crippen LogP contribution in [0.2, 0.25) is 0 Å². The number of carboxylic acids is 1. The van der Waals surface area contributed by atoms with Gasteiger partial charge in [0.1, 0.15) is 0 Å². The summed E-state index contributed by atoms with van der Waals surface area (Å²) in [7, 11) is 0. The molecule has 6 heavy (non-hydrogen) atoms. The van der Waals surface area contributed by atoms with E-state index in [1.807, 2.05) is 0 Å². The van der Waals surface area contributed by atoms with Crippen molar-refractivity contribution in [2.45, 2.75) is 6.92 Å². The van der Waals surface area contributed by atoms with Gasteiger partial charge < -0.3 is 9.90 Å². The molecule has 0 aliphatic carbocycles. The van der Waals surface area contributed by atoms with E-state index < -0.39 is 5.97 Å². The van der Waals surface area contributed by atoms with Gasteiger partial charge in [-0.05, 0) is 6.92 Å². The molecule has 0 spiro atoms. The van der Waals surface area contributed by atoms with Gasteiger partial charge in [0.25, 0.3) is 0 Å². The van der Waals surface area contributed by atoms with Crippen LogP contribution in [-0.4, -0.2) is 5.97 Å². The zero-order chi connectivity index (χ0) is 3.58. The third-order valence-corrected chi connectivity index (χ3v) is 0. The van der Waals surface area contributed by atoms with Crippen LogP contribution in [0.4, 0.5) is 0 Å². The molecule has 0 fully saturated rings. The number of aliphatic carboxylic acids is 1. The minimum Gasteiger partial charge on any atom is -0.550 e. The second-order valence-electron chi connectivity index (χ2n) is 0.492. The third kappa shape index (κ3) is 84.0. The molecule has 4 heteroatoms. The Bertz CT molecular complexity index is 34.5. The Hall–Kier alpha value is 0.964. The van der Waals surface area contributed by atoms with Gasteiger partial charge in [-0.1, -0.05) is 0 Å². The minimum atomic E-state index is -1.08. The van der Waals surface area contributed by atoms with Crippen molar-refractivity contribution >= 4 is 5.97 Å². The fourth-order valence-electron chi connectivity index (χ4n) is 0. The Morgan fingerprint density at radius 2 is 1.67 bits per heavy atom. The van der Waals surface area contributed by atoms with E-state index in [-0.39, 0.29) is 46.0 Å². The predicted octanol–water partition coefficient (Wildman–Crippen LogP) is -4.24. The predicted molar refractivity (Wildman–Crippen MR) is 10.7 cm³/mol. The van der Waals surface area contributed by atoms with Crippen LogP contribution in [0.25, 0.3) is 0 Å². The quantitative estimate of drug-likeness (QED) is 0.320. The van der Waals surface area contributed by atoms with Gasteiger partial charge in [-0.3, -0.25) is 0 Å². The summed E-state index contributed by atoms with van der Waals surface area (Å²) < 4.78 is 0. The molecular formula is C2H3NaNiO2. The van der Waals surface area contributed by atoms with Gasteiger partial charge in [0.05, 0.1) is 0 Å². The van der Waals surface area contributed by atoms with Crippen LogP contribution in [0.3, 0.4) is 0 Å². The first kappa shape index (κ1) is 15.8. The smallest absolute Gasteiger partial charge is 0.550 e. The summed E-state index contributed by atoms with van der Waals surface area (Å²) >= 11 is 0. The van der Waals surface area contributed by atoms with Crippen LogP contribution in [0.15, 0.2) is 0 Å². The average Bonchev–Trinajstić information content (AvgIpc) is 0.811. The molecule has 0 saturated carbocycles. The number of carboxylic acid groups (broad SMARTS) is 1. The van der Waals surface area contributed by atoms with E-state index in [2.05, 4.69) is 0 Å². The Kier molecular flexibility index (Phi) is 24.6. The fourth-order valence-corrected chi connectivity index (χ4v) is 0. The second-order valence-corrected chi connectivity index (χ2v) is 0.492. The summed E-state index contributed by atoms with van der Waals surface area (Å²) in [5, 5.41) is 8.89. The van der Waals surface area contributed by atoms with Crippen LogP contribution < -0.4 is 34.7 Å². The van der Waals surface area contributed by atoms with E-state index in [4.69, 9.17) is 9.90 Å². The zero-order valence-electron chi connectivity index (χ0n) is 3.63. The summed E-state index contributed by atoms with van der Waals surface area (Å²) in [6.07, 6.45) is 0. The van der Waals surface area contributed by atoms with Crippen molar-refractivity contribution in [3.63, 3.8) is 0 Å². The first-order valence-electron chi connectivity index (χ1n) is 0.908. The van der Waals surface area contributed by atoms with E-state index >= 15 is 0 Å². The molecule has 34 valence electrons. The van der Waals surface area contributed by atoms with Crippen LogP contribution >= 0.6 is 0 Å². The van der Waals surface area contributed by atoms with E-state index in [9.17, 15) is 0 Å². The summed E-state index contributed by atoms with van der Waals surface area (Å²) in [6, 6.07) is 0. The molecule has 0 unspecified atom stereocenters. The Morgan fingerprint density at radius 1 is 1.67 bits per heavy atom. The van der Waals surface area contributed by atoms with Crippen molar-refractivity contribution in [2.75, 3.05) is 0 Å². The first-order valence-corrected chi connectivity index (χ1v) is 0.908. The van der Waals surface area contributed by atoms with Gasteiger partial charge in [0, 0.05) is 22.5 Å². The van der Waals surface area contributed by atoms with Gasteiger partial charge in [-0.2, -0.15) is 0 Å². The maximum atomic E-state index is 8.89. The number of carbonyl (C=O) groups is 1. The van der Waals surface area contributed by atoms with Crippen LogP contribution in [0.5, 0.6) is 0 Å². The SMILES string of the molecule is CC(=O)[O-].[Na+].[Ni].